The summed E-state index contributed by atoms with van der Waals surface area (Å²) in [7, 11) is 0. The van der Waals surface area contributed by atoms with E-state index in [0.29, 0.717) is 29.6 Å². The second-order valence-electron chi connectivity index (χ2n) is 6.96. The molecule has 5 rings (SSSR count). The van der Waals surface area contributed by atoms with Crippen LogP contribution in [0.15, 0.2) is 72.8 Å². The monoisotopic (exact) mass is 416 g/mol. The van der Waals surface area contributed by atoms with Gasteiger partial charge < -0.3 is 9.47 Å². The standard InChI is InChI=1S/C24H20N2O3S/c1-2-28-20-13-7-5-11-18(20)26(24-25-17-10-4-8-14-22(17)30-24)23(27)21-15-16-9-3-6-12-19(16)29-21/h3-14,21H,2,15H2,1H3. The number of hydrogen-bond donors (Lipinski definition) is 0. The van der Waals surface area contributed by atoms with E-state index in [1.54, 1.807) is 4.90 Å². The van der Waals surface area contributed by atoms with E-state index in [9.17, 15) is 4.79 Å². The second kappa shape index (κ2) is 7.80. The van der Waals surface area contributed by atoms with E-state index in [0.717, 1.165) is 21.5 Å². The molecule has 2 heterocycles. The van der Waals surface area contributed by atoms with Gasteiger partial charge in [0.15, 0.2) is 11.2 Å². The fourth-order valence-electron chi connectivity index (χ4n) is 3.65. The van der Waals surface area contributed by atoms with Crippen LogP contribution in [0, 0.1) is 0 Å². The number of carbonyl (C=O) groups is 1. The average molecular weight is 417 g/mol. The highest BCUT2D eigenvalue weighted by Crippen LogP contribution is 2.40. The molecule has 4 aromatic rings. The summed E-state index contributed by atoms with van der Waals surface area (Å²) in [6, 6.07) is 23.2. The molecule has 1 aromatic heterocycles. The van der Waals surface area contributed by atoms with Crippen LogP contribution in [0.4, 0.5) is 10.8 Å². The first-order valence-corrected chi connectivity index (χ1v) is 10.7. The van der Waals surface area contributed by atoms with Gasteiger partial charge in [0, 0.05) is 6.42 Å². The summed E-state index contributed by atoms with van der Waals surface area (Å²) in [5.74, 6) is 1.25. The summed E-state index contributed by atoms with van der Waals surface area (Å²) in [6.45, 7) is 2.43. The molecule has 1 aliphatic rings. The van der Waals surface area contributed by atoms with Crippen LogP contribution in [-0.4, -0.2) is 23.6 Å². The summed E-state index contributed by atoms with van der Waals surface area (Å²) in [4.78, 5) is 20.2. The second-order valence-corrected chi connectivity index (χ2v) is 7.97. The number of amides is 1. The van der Waals surface area contributed by atoms with Crippen LogP contribution in [0.1, 0.15) is 12.5 Å². The highest BCUT2D eigenvalue weighted by atomic mass is 32.1. The lowest BCUT2D eigenvalue weighted by molar-refractivity contribution is -0.123. The molecule has 1 aliphatic heterocycles. The van der Waals surface area contributed by atoms with E-state index < -0.39 is 6.10 Å². The van der Waals surface area contributed by atoms with Crippen LogP contribution in [0.25, 0.3) is 10.2 Å². The molecule has 5 nitrogen and oxygen atoms in total. The number of aromatic nitrogens is 1. The molecule has 3 aromatic carbocycles. The zero-order valence-electron chi connectivity index (χ0n) is 16.4. The maximum absolute atomic E-state index is 13.8. The molecule has 1 amide bonds. The van der Waals surface area contributed by atoms with Gasteiger partial charge in [-0.15, -0.1) is 0 Å². The minimum Gasteiger partial charge on any atom is -0.492 e. The third kappa shape index (κ3) is 3.29. The zero-order valence-corrected chi connectivity index (χ0v) is 17.3. The van der Waals surface area contributed by atoms with E-state index in [-0.39, 0.29) is 5.91 Å². The smallest absolute Gasteiger partial charge is 0.274 e. The van der Waals surface area contributed by atoms with Crippen molar-refractivity contribution < 1.29 is 14.3 Å². The highest BCUT2D eigenvalue weighted by Gasteiger charge is 2.36. The van der Waals surface area contributed by atoms with E-state index in [1.165, 1.54) is 11.3 Å². The third-order valence-electron chi connectivity index (χ3n) is 5.02. The first-order chi connectivity index (χ1) is 14.7. The Morgan fingerprint density at radius 1 is 1.10 bits per heavy atom. The number of rotatable bonds is 5. The molecule has 30 heavy (non-hydrogen) atoms. The maximum atomic E-state index is 13.8. The molecule has 0 fully saturated rings. The summed E-state index contributed by atoms with van der Waals surface area (Å²) in [6.07, 6.45) is -0.0724. The van der Waals surface area contributed by atoms with Crippen molar-refractivity contribution in [2.24, 2.45) is 0 Å². The number of ether oxygens (including phenoxy) is 2. The fourth-order valence-corrected chi connectivity index (χ4v) is 4.64. The summed E-state index contributed by atoms with van der Waals surface area (Å²) >= 11 is 1.48. The maximum Gasteiger partial charge on any atom is 0.274 e. The Balaban J connectivity index is 1.59. The minimum absolute atomic E-state index is 0.155. The van der Waals surface area contributed by atoms with E-state index in [4.69, 9.17) is 14.5 Å². The molecule has 6 heteroatoms. The van der Waals surface area contributed by atoms with Crippen molar-refractivity contribution in [2.45, 2.75) is 19.4 Å². The number of thiazole rings is 1. The van der Waals surface area contributed by atoms with Crippen molar-refractivity contribution in [3.63, 3.8) is 0 Å². The number of anilines is 2. The van der Waals surface area contributed by atoms with Gasteiger partial charge in [-0.05, 0) is 42.8 Å². The molecule has 0 N–H and O–H groups in total. The molecular weight excluding hydrogens is 396 g/mol. The SMILES string of the molecule is CCOc1ccccc1N(C(=O)C1Cc2ccccc2O1)c1nc2ccccc2s1. The Morgan fingerprint density at radius 2 is 1.87 bits per heavy atom. The Kier molecular flexibility index (Phi) is 4.85. The van der Waals surface area contributed by atoms with E-state index >= 15 is 0 Å². The molecule has 150 valence electrons. The van der Waals surface area contributed by atoms with Crippen molar-refractivity contribution in [1.29, 1.82) is 0 Å². The van der Waals surface area contributed by atoms with Gasteiger partial charge in [-0.2, -0.15) is 0 Å². The van der Waals surface area contributed by atoms with Crippen LogP contribution in [-0.2, 0) is 11.2 Å². The lowest BCUT2D eigenvalue weighted by atomic mass is 10.1. The van der Waals surface area contributed by atoms with Crippen molar-refractivity contribution in [1.82, 2.24) is 4.98 Å². The zero-order chi connectivity index (χ0) is 20.5. The Bertz CT molecular complexity index is 1160. The van der Waals surface area contributed by atoms with Crippen molar-refractivity contribution in [3.05, 3.63) is 78.4 Å². The molecule has 0 saturated carbocycles. The molecular formula is C24H20N2O3S. The molecule has 1 atom stereocenters. The van der Waals surface area contributed by atoms with Gasteiger partial charge in [-0.25, -0.2) is 9.88 Å². The lowest BCUT2D eigenvalue weighted by Crippen LogP contribution is -2.38. The highest BCUT2D eigenvalue weighted by molar-refractivity contribution is 7.22. The Morgan fingerprint density at radius 3 is 2.70 bits per heavy atom. The van der Waals surface area contributed by atoms with Crippen LogP contribution in [0.3, 0.4) is 0 Å². The first kappa shape index (κ1) is 18.6. The van der Waals surface area contributed by atoms with Gasteiger partial charge in [0.25, 0.3) is 5.91 Å². The number of para-hydroxylation sites is 4. The first-order valence-electron chi connectivity index (χ1n) is 9.90. The van der Waals surface area contributed by atoms with E-state index in [2.05, 4.69) is 0 Å². The van der Waals surface area contributed by atoms with Crippen LogP contribution >= 0.6 is 11.3 Å². The number of benzene rings is 3. The van der Waals surface area contributed by atoms with Crippen LogP contribution in [0.5, 0.6) is 11.5 Å². The van der Waals surface area contributed by atoms with Crippen LogP contribution in [0.2, 0.25) is 0 Å². The van der Waals surface area contributed by atoms with Gasteiger partial charge in [0.1, 0.15) is 11.5 Å². The van der Waals surface area contributed by atoms with Gasteiger partial charge in [-0.3, -0.25) is 4.79 Å². The molecule has 1 unspecified atom stereocenters. The lowest BCUT2D eigenvalue weighted by Gasteiger charge is -2.25. The fraction of sp³-hybridized carbons (Fsp3) is 0.167. The van der Waals surface area contributed by atoms with Gasteiger partial charge in [0.2, 0.25) is 0 Å². The normalized spacial score (nSPS) is 14.9. The summed E-state index contributed by atoms with van der Waals surface area (Å²) in [5, 5.41) is 0.605. The molecule has 0 radical (unpaired) electrons. The largest absolute Gasteiger partial charge is 0.492 e. The van der Waals surface area contributed by atoms with Gasteiger partial charge in [-0.1, -0.05) is 53.8 Å². The number of fused-ring (bicyclic) bond motifs is 2. The molecule has 0 saturated heterocycles. The van der Waals surface area contributed by atoms with Gasteiger partial charge in [0.05, 0.1) is 22.5 Å². The number of nitrogens with zero attached hydrogens (tertiary/aromatic N) is 2. The molecule has 0 bridgehead atoms. The van der Waals surface area contributed by atoms with Crippen LogP contribution < -0.4 is 14.4 Å². The number of carbonyl (C=O) groups excluding carboxylic acids is 1. The Labute approximate surface area is 178 Å². The van der Waals surface area contributed by atoms with Crippen molar-refractivity contribution >= 4 is 38.3 Å². The predicted molar refractivity (Wildman–Crippen MR) is 119 cm³/mol. The minimum atomic E-state index is -0.607. The van der Waals surface area contributed by atoms with Crippen molar-refractivity contribution in [3.8, 4) is 11.5 Å². The van der Waals surface area contributed by atoms with E-state index in [1.807, 2.05) is 79.7 Å². The topological polar surface area (TPSA) is 51.7 Å². The quantitative estimate of drug-likeness (QED) is 0.439. The molecule has 0 spiro atoms. The third-order valence-corrected chi connectivity index (χ3v) is 6.04. The summed E-state index contributed by atoms with van der Waals surface area (Å²) < 4.78 is 12.9. The van der Waals surface area contributed by atoms with Gasteiger partial charge >= 0.3 is 0 Å². The summed E-state index contributed by atoms with van der Waals surface area (Å²) in [5.41, 5.74) is 2.57. The molecule has 0 aliphatic carbocycles. The number of hydrogen-bond acceptors (Lipinski definition) is 5. The Hall–Kier alpha value is -3.38. The van der Waals surface area contributed by atoms with Crippen molar-refractivity contribution in [2.75, 3.05) is 11.5 Å². The predicted octanol–water partition coefficient (Wildman–Crippen LogP) is 5.36. The average Bonchev–Trinajstić information content (AvgIpc) is 3.39.